The second-order valence-electron chi connectivity index (χ2n) is 4.28. The maximum absolute atomic E-state index is 11.8. The molecule has 20 heavy (non-hydrogen) atoms. The number of carbonyl (C=O) groups is 2. The molecule has 0 spiro atoms. The number of carbonyl (C=O) groups excluding carboxylic acids is 2. The van der Waals surface area contributed by atoms with Crippen LogP contribution in [0.3, 0.4) is 0 Å². The summed E-state index contributed by atoms with van der Waals surface area (Å²) in [6, 6.07) is 4.79. The molecule has 0 bridgehead atoms. The van der Waals surface area contributed by atoms with Gasteiger partial charge in [-0.25, -0.2) is 4.79 Å². The van der Waals surface area contributed by atoms with Gasteiger partial charge in [-0.3, -0.25) is 15.0 Å². The van der Waals surface area contributed by atoms with Crippen molar-refractivity contribution in [1.29, 1.82) is 0 Å². The Morgan fingerprint density at radius 1 is 1.40 bits per heavy atom. The molecule has 0 aliphatic heterocycles. The van der Waals surface area contributed by atoms with Crippen LogP contribution in [-0.4, -0.2) is 37.1 Å². The summed E-state index contributed by atoms with van der Waals surface area (Å²) in [5.41, 5.74) is 0.805. The first-order valence-corrected chi connectivity index (χ1v) is 6.64. The van der Waals surface area contributed by atoms with Crippen LogP contribution < -0.4 is 5.32 Å². The monoisotopic (exact) mass is 318 g/mol. The smallest absolute Gasteiger partial charge is 0.413 e. The van der Waals surface area contributed by atoms with Gasteiger partial charge in [-0.05, 0) is 25.6 Å². The van der Waals surface area contributed by atoms with Crippen LogP contribution in [-0.2, 0) is 16.1 Å². The molecule has 0 aromatic heterocycles. The Hall–Kier alpha value is -1.30. The van der Waals surface area contributed by atoms with E-state index in [4.69, 9.17) is 23.2 Å². The summed E-state index contributed by atoms with van der Waals surface area (Å²) in [6.07, 6.45) is -0.781. The molecule has 1 aromatic rings. The number of ether oxygens (including phenoxy) is 1. The largest absolute Gasteiger partial charge is 0.453 e. The second kappa shape index (κ2) is 7.47. The highest BCUT2D eigenvalue weighted by Crippen LogP contribution is 2.26. The predicted molar refractivity (Wildman–Crippen MR) is 77.9 cm³/mol. The van der Waals surface area contributed by atoms with Gasteiger partial charge in [0.15, 0.2) is 0 Å². The minimum Gasteiger partial charge on any atom is -0.453 e. The fourth-order valence-electron chi connectivity index (χ4n) is 1.53. The van der Waals surface area contributed by atoms with Gasteiger partial charge in [0.2, 0.25) is 5.91 Å². The molecule has 1 N–H and O–H groups in total. The van der Waals surface area contributed by atoms with Crippen LogP contribution in [0.15, 0.2) is 18.2 Å². The number of nitrogens with one attached hydrogen (secondary N) is 1. The first-order chi connectivity index (χ1) is 9.36. The van der Waals surface area contributed by atoms with Crippen molar-refractivity contribution in [3.05, 3.63) is 33.8 Å². The van der Waals surface area contributed by atoms with Crippen molar-refractivity contribution in [3.63, 3.8) is 0 Å². The van der Waals surface area contributed by atoms with Crippen LogP contribution in [0.5, 0.6) is 0 Å². The number of methoxy groups -OCH3 is 1. The van der Waals surface area contributed by atoms with E-state index in [0.717, 1.165) is 5.56 Å². The standard InChI is InChI=1S/C13H16Cl2N2O3/c1-8(12(18)16-13(19)20-3)17(2)7-9-5-4-6-10(14)11(9)15/h4-6,8H,7H2,1-3H3,(H,16,18,19)/t8-/m0/s1. The number of likely N-dealkylation sites (N-methyl/N-ethyl adjacent to an activating group) is 1. The average molecular weight is 319 g/mol. The molecule has 0 aliphatic carbocycles. The third-order valence-corrected chi connectivity index (χ3v) is 3.76. The molecule has 1 aromatic carbocycles. The van der Waals surface area contributed by atoms with E-state index in [9.17, 15) is 9.59 Å². The fourth-order valence-corrected chi connectivity index (χ4v) is 1.91. The lowest BCUT2D eigenvalue weighted by Crippen LogP contribution is -2.45. The lowest BCUT2D eigenvalue weighted by atomic mass is 10.2. The number of alkyl carbamates (subject to hydrolysis) is 1. The SMILES string of the molecule is COC(=O)NC(=O)[C@H](C)N(C)Cc1cccc(Cl)c1Cl. The molecule has 1 rings (SSSR count). The van der Waals surface area contributed by atoms with E-state index in [-0.39, 0.29) is 0 Å². The van der Waals surface area contributed by atoms with Gasteiger partial charge < -0.3 is 4.74 Å². The number of halogens is 2. The van der Waals surface area contributed by atoms with E-state index in [0.29, 0.717) is 16.6 Å². The van der Waals surface area contributed by atoms with Gasteiger partial charge in [0.1, 0.15) is 0 Å². The van der Waals surface area contributed by atoms with Gasteiger partial charge in [0.05, 0.1) is 23.2 Å². The summed E-state index contributed by atoms with van der Waals surface area (Å²) in [6.45, 7) is 2.10. The summed E-state index contributed by atoms with van der Waals surface area (Å²) in [5.74, 6) is -0.447. The summed E-state index contributed by atoms with van der Waals surface area (Å²) in [5, 5.41) is 3.04. The number of imide groups is 1. The Morgan fingerprint density at radius 3 is 2.65 bits per heavy atom. The molecule has 0 saturated carbocycles. The van der Waals surface area contributed by atoms with Crippen molar-refractivity contribution in [1.82, 2.24) is 10.2 Å². The normalized spacial score (nSPS) is 12.1. The van der Waals surface area contributed by atoms with Crippen LogP contribution in [0.1, 0.15) is 12.5 Å². The lowest BCUT2D eigenvalue weighted by Gasteiger charge is -2.23. The minimum atomic E-state index is -0.781. The molecule has 5 nitrogen and oxygen atoms in total. The molecule has 0 heterocycles. The van der Waals surface area contributed by atoms with Crippen molar-refractivity contribution in [3.8, 4) is 0 Å². The summed E-state index contributed by atoms with van der Waals surface area (Å²) < 4.78 is 4.38. The van der Waals surface area contributed by atoms with Gasteiger partial charge in [0, 0.05) is 6.54 Å². The van der Waals surface area contributed by atoms with Crippen molar-refractivity contribution in [2.75, 3.05) is 14.2 Å². The van der Waals surface area contributed by atoms with Crippen LogP contribution >= 0.6 is 23.2 Å². The van der Waals surface area contributed by atoms with E-state index in [1.807, 2.05) is 6.07 Å². The summed E-state index contributed by atoms with van der Waals surface area (Å²) in [7, 11) is 2.95. The zero-order chi connectivity index (χ0) is 15.3. The van der Waals surface area contributed by atoms with Gasteiger partial charge in [-0.15, -0.1) is 0 Å². The van der Waals surface area contributed by atoms with Crippen LogP contribution in [0.25, 0.3) is 0 Å². The Labute approximate surface area is 127 Å². The number of hydrogen-bond donors (Lipinski definition) is 1. The molecule has 0 unspecified atom stereocenters. The maximum atomic E-state index is 11.8. The van der Waals surface area contributed by atoms with Gasteiger partial charge in [-0.2, -0.15) is 0 Å². The summed E-state index contributed by atoms with van der Waals surface area (Å²) >= 11 is 12.0. The highest BCUT2D eigenvalue weighted by atomic mass is 35.5. The highest BCUT2D eigenvalue weighted by Gasteiger charge is 2.21. The summed E-state index contributed by atoms with van der Waals surface area (Å²) in [4.78, 5) is 24.5. The maximum Gasteiger partial charge on any atom is 0.413 e. The lowest BCUT2D eigenvalue weighted by molar-refractivity contribution is -0.124. The van der Waals surface area contributed by atoms with E-state index >= 15 is 0 Å². The third kappa shape index (κ3) is 4.37. The minimum absolute atomic E-state index is 0.426. The van der Waals surface area contributed by atoms with E-state index in [1.165, 1.54) is 7.11 Å². The van der Waals surface area contributed by atoms with E-state index in [2.05, 4.69) is 10.1 Å². The molecule has 1 atom stereocenters. The molecule has 0 aliphatic rings. The zero-order valence-electron chi connectivity index (χ0n) is 11.4. The van der Waals surface area contributed by atoms with Gasteiger partial charge in [0.25, 0.3) is 0 Å². The zero-order valence-corrected chi connectivity index (χ0v) is 13.0. The molecule has 110 valence electrons. The highest BCUT2D eigenvalue weighted by molar-refractivity contribution is 6.42. The number of amides is 2. The van der Waals surface area contributed by atoms with Crippen molar-refractivity contribution < 1.29 is 14.3 Å². The van der Waals surface area contributed by atoms with E-state index < -0.39 is 18.0 Å². The first-order valence-electron chi connectivity index (χ1n) is 5.88. The number of hydrogen-bond acceptors (Lipinski definition) is 4. The Bertz CT molecular complexity index is 508. The molecular weight excluding hydrogens is 303 g/mol. The van der Waals surface area contributed by atoms with Crippen molar-refractivity contribution in [2.45, 2.75) is 19.5 Å². The van der Waals surface area contributed by atoms with Gasteiger partial charge in [-0.1, -0.05) is 35.3 Å². The topological polar surface area (TPSA) is 58.6 Å². The first kappa shape index (κ1) is 16.8. The van der Waals surface area contributed by atoms with Crippen molar-refractivity contribution in [2.24, 2.45) is 0 Å². The van der Waals surface area contributed by atoms with Crippen LogP contribution in [0.2, 0.25) is 10.0 Å². The molecular formula is C13H16Cl2N2O3. The Morgan fingerprint density at radius 2 is 2.05 bits per heavy atom. The van der Waals surface area contributed by atoms with Gasteiger partial charge >= 0.3 is 6.09 Å². The number of rotatable bonds is 4. The predicted octanol–water partition coefficient (Wildman–Crippen LogP) is 2.70. The average Bonchev–Trinajstić information content (AvgIpc) is 2.42. The molecule has 0 fully saturated rings. The Kier molecular flexibility index (Phi) is 6.26. The Balaban J connectivity index is 2.70. The van der Waals surface area contributed by atoms with Crippen molar-refractivity contribution >= 4 is 35.2 Å². The quantitative estimate of drug-likeness (QED) is 0.927. The third-order valence-electron chi connectivity index (χ3n) is 2.90. The molecule has 0 radical (unpaired) electrons. The molecule has 0 saturated heterocycles. The molecule has 2 amide bonds. The number of nitrogens with zero attached hydrogens (tertiary/aromatic N) is 1. The number of benzene rings is 1. The van der Waals surface area contributed by atoms with E-state index in [1.54, 1.807) is 31.0 Å². The molecule has 7 heteroatoms. The van der Waals surface area contributed by atoms with Crippen LogP contribution in [0.4, 0.5) is 4.79 Å². The fraction of sp³-hybridized carbons (Fsp3) is 0.385. The second-order valence-corrected chi connectivity index (χ2v) is 5.07. The van der Waals surface area contributed by atoms with Crippen LogP contribution in [0, 0.1) is 0 Å².